The number of carboxylic acid groups (broad SMARTS) is 1. The molecule has 0 saturated heterocycles. The van der Waals surface area contributed by atoms with Crippen LogP contribution in [-0.4, -0.2) is 29.3 Å². The van der Waals surface area contributed by atoms with Gasteiger partial charge in [-0.2, -0.15) is 0 Å². The molecule has 154 valence electrons. The number of furan rings is 1. The van der Waals surface area contributed by atoms with Gasteiger partial charge in [0.15, 0.2) is 11.5 Å². The van der Waals surface area contributed by atoms with Crippen molar-refractivity contribution >= 4 is 28.3 Å². The molecule has 30 heavy (non-hydrogen) atoms. The Balaban J connectivity index is 1.74. The van der Waals surface area contributed by atoms with Gasteiger partial charge in [0.2, 0.25) is 0 Å². The van der Waals surface area contributed by atoms with Crippen LogP contribution in [0, 0.1) is 6.92 Å². The second-order valence-corrected chi connectivity index (χ2v) is 7.53. The highest BCUT2D eigenvalue weighted by Gasteiger charge is 2.17. The molecule has 0 aliphatic carbocycles. The molecular formula is C23H21NO5S. The third-order valence-corrected chi connectivity index (χ3v) is 5.45. The third kappa shape index (κ3) is 3.76. The number of carboxylic acids is 1. The molecule has 6 nitrogen and oxygen atoms in total. The summed E-state index contributed by atoms with van der Waals surface area (Å²) in [6.45, 7) is 6.75. The molecule has 0 bridgehead atoms. The molecule has 4 rings (SSSR count). The van der Waals surface area contributed by atoms with E-state index in [-0.39, 0.29) is 5.56 Å². The minimum absolute atomic E-state index is 0.129. The molecule has 0 spiro atoms. The van der Waals surface area contributed by atoms with E-state index in [1.165, 1.54) is 11.3 Å². The van der Waals surface area contributed by atoms with Gasteiger partial charge in [-0.1, -0.05) is 0 Å². The van der Waals surface area contributed by atoms with Crippen LogP contribution in [0.1, 0.15) is 30.0 Å². The average Bonchev–Trinajstić information content (AvgIpc) is 3.34. The molecule has 0 radical (unpaired) electrons. The molecule has 4 aromatic rings. The second kappa shape index (κ2) is 8.20. The Kier molecular flexibility index (Phi) is 5.46. The van der Waals surface area contributed by atoms with Gasteiger partial charge >= 0.3 is 5.97 Å². The van der Waals surface area contributed by atoms with E-state index in [9.17, 15) is 9.90 Å². The SMILES string of the molecule is CCOc1ccc(-c2nc(-c3cc(C(=O)O)c4oc(C)cc4c3)cs2)cc1OCC. The number of ether oxygens (including phenoxy) is 2. The van der Waals surface area contributed by atoms with Crippen LogP contribution >= 0.6 is 11.3 Å². The normalized spacial score (nSPS) is 11.0. The number of thiazole rings is 1. The first-order valence-corrected chi connectivity index (χ1v) is 10.5. The molecular weight excluding hydrogens is 402 g/mol. The summed E-state index contributed by atoms with van der Waals surface area (Å²) >= 11 is 1.49. The maximum absolute atomic E-state index is 11.7. The van der Waals surface area contributed by atoms with E-state index >= 15 is 0 Å². The van der Waals surface area contributed by atoms with E-state index < -0.39 is 5.97 Å². The first-order valence-electron chi connectivity index (χ1n) is 9.63. The fraction of sp³-hybridized carbons (Fsp3) is 0.217. The van der Waals surface area contributed by atoms with Crippen LogP contribution in [0.15, 0.2) is 46.2 Å². The fourth-order valence-electron chi connectivity index (χ4n) is 3.31. The monoisotopic (exact) mass is 423 g/mol. The molecule has 0 saturated carbocycles. The zero-order chi connectivity index (χ0) is 21.3. The van der Waals surface area contributed by atoms with Crippen LogP contribution in [0.3, 0.4) is 0 Å². The summed E-state index contributed by atoms with van der Waals surface area (Å²) in [4.78, 5) is 16.5. The van der Waals surface area contributed by atoms with Gasteiger partial charge in [-0.25, -0.2) is 9.78 Å². The van der Waals surface area contributed by atoms with Gasteiger partial charge < -0.3 is 19.0 Å². The summed E-state index contributed by atoms with van der Waals surface area (Å²) in [5, 5.41) is 13.1. The Morgan fingerprint density at radius 2 is 1.83 bits per heavy atom. The lowest BCUT2D eigenvalue weighted by molar-refractivity contribution is 0.0698. The number of hydrogen-bond acceptors (Lipinski definition) is 6. The lowest BCUT2D eigenvalue weighted by Crippen LogP contribution is -1.98. The number of nitrogens with zero attached hydrogens (tertiary/aromatic N) is 1. The Morgan fingerprint density at radius 3 is 2.57 bits per heavy atom. The number of fused-ring (bicyclic) bond motifs is 1. The summed E-state index contributed by atoms with van der Waals surface area (Å²) in [6.07, 6.45) is 0. The van der Waals surface area contributed by atoms with E-state index in [1.807, 2.05) is 49.6 Å². The first kappa shape index (κ1) is 20.0. The molecule has 2 heterocycles. The number of aromatic nitrogens is 1. The minimum atomic E-state index is -1.03. The molecule has 0 amide bonds. The van der Waals surface area contributed by atoms with E-state index in [0.29, 0.717) is 41.7 Å². The number of aromatic carboxylic acids is 1. The second-order valence-electron chi connectivity index (χ2n) is 6.67. The zero-order valence-corrected chi connectivity index (χ0v) is 17.7. The van der Waals surface area contributed by atoms with Gasteiger partial charge in [0.25, 0.3) is 0 Å². The molecule has 0 aliphatic heterocycles. The number of benzene rings is 2. The Bertz CT molecular complexity index is 1220. The molecule has 0 atom stereocenters. The lowest BCUT2D eigenvalue weighted by Gasteiger charge is -2.11. The van der Waals surface area contributed by atoms with Crippen molar-refractivity contribution in [3.05, 3.63) is 53.1 Å². The maximum Gasteiger partial charge on any atom is 0.339 e. The van der Waals surface area contributed by atoms with Crippen LogP contribution in [0.5, 0.6) is 11.5 Å². The Morgan fingerprint density at radius 1 is 1.07 bits per heavy atom. The number of rotatable bonds is 7. The van der Waals surface area contributed by atoms with E-state index in [4.69, 9.17) is 18.9 Å². The van der Waals surface area contributed by atoms with Crippen molar-refractivity contribution in [1.82, 2.24) is 4.98 Å². The largest absolute Gasteiger partial charge is 0.490 e. The van der Waals surface area contributed by atoms with Gasteiger partial charge in [-0.3, -0.25) is 0 Å². The van der Waals surface area contributed by atoms with Crippen molar-refractivity contribution in [3.63, 3.8) is 0 Å². The quantitative estimate of drug-likeness (QED) is 0.391. The highest BCUT2D eigenvalue weighted by molar-refractivity contribution is 7.13. The highest BCUT2D eigenvalue weighted by atomic mass is 32.1. The van der Waals surface area contributed by atoms with Crippen LogP contribution in [-0.2, 0) is 0 Å². The van der Waals surface area contributed by atoms with Gasteiger partial charge in [-0.05, 0) is 57.2 Å². The fourth-order valence-corrected chi connectivity index (χ4v) is 4.14. The van der Waals surface area contributed by atoms with E-state index in [1.54, 1.807) is 13.0 Å². The van der Waals surface area contributed by atoms with Crippen molar-refractivity contribution in [2.24, 2.45) is 0 Å². The van der Waals surface area contributed by atoms with Crippen LogP contribution in [0.4, 0.5) is 0 Å². The van der Waals surface area contributed by atoms with E-state index in [0.717, 1.165) is 21.5 Å². The summed E-state index contributed by atoms with van der Waals surface area (Å²) in [6, 6.07) is 11.1. The Hall–Kier alpha value is -3.32. The van der Waals surface area contributed by atoms with Gasteiger partial charge in [0.05, 0.1) is 18.9 Å². The van der Waals surface area contributed by atoms with Crippen LogP contribution in [0.25, 0.3) is 32.8 Å². The van der Waals surface area contributed by atoms with Crippen LogP contribution < -0.4 is 9.47 Å². The van der Waals surface area contributed by atoms with E-state index in [2.05, 4.69) is 0 Å². The number of hydrogen-bond donors (Lipinski definition) is 1. The van der Waals surface area contributed by atoms with Crippen molar-refractivity contribution < 1.29 is 23.8 Å². The smallest absolute Gasteiger partial charge is 0.339 e. The predicted octanol–water partition coefficient (Wildman–Crippen LogP) is 6.03. The van der Waals surface area contributed by atoms with Crippen molar-refractivity contribution in [1.29, 1.82) is 0 Å². The van der Waals surface area contributed by atoms with Gasteiger partial charge in [-0.15, -0.1) is 11.3 Å². The molecule has 0 unspecified atom stereocenters. The van der Waals surface area contributed by atoms with Crippen molar-refractivity contribution in [2.75, 3.05) is 13.2 Å². The summed E-state index contributed by atoms with van der Waals surface area (Å²) in [7, 11) is 0. The minimum Gasteiger partial charge on any atom is -0.490 e. The zero-order valence-electron chi connectivity index (χ0n) is 16.9. The molecule has 0 fully saturated rings. The summed E-state index contributed by atoms with van der Waals surface area (Å²) in [5.41, 5.74) is 2.87. The summed E-state index contributed by atoms with van der Waals surface area (Å²) in [5.74, 6) is 1.02. The lowest BCUT2D eigenvalue weighted by atomic mass is 10.1. The first-order chi connectivity index (χ1) is 14.5. The van der Waals surface area contributed by atoms with Gasteiger partial charge in [0, 0.05) is 21.9 Å². The number of carbonyl (C=O) groups is 1. The molecule has 0 aliphatic rings. The molecule has 2 aromatic heterocycles. The summed E-state index contributed by atoms with van der Waals surface area (Å²) < 4.78 is 16.9. The van der Waals surface area contributed by atoms with Gasteiger partial charge in [0.1, 0.15) is 21.9 Å². The predicted molar refractivity (Wildman–Crippen MR) is 117 cm³/mol. The van der Waals surface area contributed by atoms with Crippen LogP contribution in [0.2, 0.25) is 0 Å². The van der Waals surface area contributed by atoms with Crippen molar-refractivity contribution in [2.45, 2.75) is 20.8 Å². The topological polar surface area (TPSA) is 81.8 Å². The standard InChI is InChI=1S/C23H21NO5S/c1-4-27-19-7-6-14(11-20(19)28-5-2)22-24-18(12-30-22)15-9-16-8-13(3)29-21(16)17(10-15)23(25)26/h6-12H,4-5H2,1-3H3,(H,25,26). The Labute approximate surface area is 177 Å². The molecule has 7 heteroatoms. The molecule has 2 aromatic carbocycles. The number of aryl methyl sites for hydroxylation is 1. The maximum atomic E-state index is 11.7. The van der Waals surface area contributed by atoms with Crippen molar-refractivity contribution in [3.8, 4) is 33.3 Å². The molecule has 1 N–H and O–H groups in total. The average molecular weight is 423 g/mol. The highest BCUT2D eigenvalue weighted by Crippen LogP contribution is 2.36. The third-order valence-electron chi connectivity index (χ3n) is 4.56.